The maximum absolute atomic E-state index is 3.83. The van der Waals surface area contributed by atoms with Gasteiger partial charge in [0.2, 0.25) is 0 Å². The van der Waals surface area contributed by atoms with Gasteiger partial charge in [0.25, 0.3) is 0 Å². The average molecular weight is 168 g/mol. The van der Waals surface area contributed by atoms with Crippen molar-refractivity contribution in [2.24, 2.45) is 10.2 Å². The molecule has 0 atom stereocenters. The average Bonchev–Trinajstić information content (AvgIpc) is 2.01. The van der Waals surface area contributed by atoms with E-state index < -0.39 is 0 Å². The molecule has 0 saturated heterocycles. The number of rotatable bonds is 5. The highest BCUT2D eigenvalue weighted by atomic mass is 15.6. The fourth-order valence-corrected chi connectivity index (χ4v) is 0.855. The molecule has 4 nitrogen and oxygen atoms in total. The van der Waals surface area contributed by atoms with Crippen LogP contribution in [0.15, 0.2) is 35.4 Å². The minimum Gasteiger partial charge on any atom is -0.289 e. The SMILES string of the molecule is C=C/N=N\C(=C)N(CC)N(C)C. The van der Waals surface area contributed by atoms with Crippen LogP contribution in [0.3, 0.4) is 0 Å². The van der Waals surface area contributed by atoms with Gasteiger partial charge in [-0.3, -0.25) is 5.01 Å². The summed E-state index contributed by atoms with van der Waals surface area (Å²) >= 11 is 0. The molecule has 0 aliphatic rings. The zero-order valence-corrected chi connectivity index (χ0v) is 7.99. The molecule has 4 heteroatoms. The molecule has 0 radical (unpaired) electrons. The number of nitrogens with zero attached hydrogens (tertiary/aromatic N) is 4. The van der Waals surface area contributed by atoms with Crippen LogP contribution >= 0.6 is 0 Å². The van der Waals surface area contributed by atoms with Crippen molar-refractivity contribution in [1.29, 1.82) is 0 Å². The van der Waals surface area contributed by atoms with Gasteiger partial charge in [0.1, 0.15) is 0 Å². The van der Waals surface area contributed by atoms with Crippen molar-refractivity contribution in [3.8, 4) is 0 Å². The first-order valence-electron chi connectivity index (χ1n) is 3.78. The van der Waals surface area contributed by atoms with E-state index in [4.69, 9.17) is 0 Å². The lowest BCUT2D eigenvalue weighted by atomic mass is 10.6. The Hall–Kier alpha value is -1.16. The standard InChI is InChI=1S/C8H16N4/c1-6-9-10-8(3)12(7-2)11(4)5/h6H,1,3,7H2,2,4-5H3/b10-9-. The fourth-order valence-electron chi connectivity index (χ4n) is 0.855. The summed E-state index contributed by atoms with van der Waals surface area (Å²) in [6.45, 7) is 10.0. The lowest BCUT2D eigenvalue weighted by Crippen LogP contribution is -2.34. The molecule has 0 aromatic rings. The molecule has 0 aromatic carbocycles. The van der Waals surface area contributed by atoms with Crippen molar-refractivity contribution in [2.45, 2.75) is 6.92 Å². The number of hydrogen-bond acceptors (Lipinski definition) is 4. The van der Waals surface area contributed by atoms with Crippen LogP contribution < -0.4 is 0 Å². The summed E-state index contributed by atoms with van der Waals surface area (Å²) in [6.07, 6.45) is 1.38. The van der Waals surface area contributed by atoms with E-state index in [9.17, 15) is 0 Å². The summed E-state index contributed by atoms with van der Waals surface area (Å²) in [6, 6.07) is 0. The topological polar surface area (TPSA) is 31.2 Å². The Morgan fingerprint density at radius 1 is 1.50 bits per heavy atom. The molecule has 0 aromatic heterocycles. The van der Waals surface area contributed by atoms with Crippen LogP contribution in [-0.4, -0.2) is 30.7 Å². The van der Waals surface area contributed by atoms with Gasteiger partial charge in [-0.2, -0.15) is 5.11 Å². The molecule has 0 heterocycles. The van der Waals surface area contributed by atoms with Crippen molar-refractivity contribution in [3.05, 3.63) is 25.2 Å². The van der Waals surface area contributed by atoms with Crippen LogP contribution in [-0.2, 0) is 0 Å². The lowest BCUT2D eigenvalue weighted by Gasteiger charge is -2.28. The number of hydrogen-bond donors (Lipinski definition) is 0. The number of hydrazine groups is 1. The Labute approximate surface area is 73.9 Å². The van der Waals surface area contributed by atoms with Crippen LogP contribution in [0.1, 0.15) is 6.92 Å². The highest BCUT2D eigenvalue weighted by molar-refractivity contribution is 4.87. The van der Waals surface area contributed by atoms with Gasteiger partial charge in [-0.1, -0.05) is 13.2 Å². The molecule has 0 rings (SSSR count). The maximum Gasteiger partial charge on any atom is 0.158 e. The predicted molar refractivity (Wildman–Crippen MR) is 50.3 cm³/mol. The molecule has 0 amide bonds. The van der Waals surface area contributed by atoms with Crippen LogP contribution in [0.25, 0.3) is 0 Å². The van der Waals surface area contributed by atoms with E-state index >= 15 is 0 Å². The lowest BCUT2D eigenvalue weighted by molar-refractivity contribution is 0.0703. The number of azo groups is 1. The molecule has 0 spiro atoms. The second kappa shape index (κ2) is 5.49. The van der Waals surface area contributed by atoms with Crippen LogP contribution in [0, 0.1) is 0 Å². The molecule has 68 valence electrons. The molecule has 0 fully saturated rings. The zero-order chi connectivity index (χ0) is 9.56. The van der Waals surface area contributed by atoms with E-state index in [1.807, 2.05) is 31.0 Å². The van der Waals surface area contributed by atoms with Crippen LogP contribution in [0.2, 0.25) is 0 Å². The summed E-state index contributed by atoms with van der Waals surface area (Å²) in [5.74, 6) is 0.613. The van der Waals surface area contributed by atoms with Gasteiger partial charge in [-0.05, 0) is 6.92 Å². The zero-order valence-electron chi connectivity index (χ0n) is 7.99. The maximum atomic E-state index is 3.83. The van der Waals surface area contributed by atoms with Crippen molar-refractivity contribution < 1.29 is 0 Å². The highest BCUT2D eigenvalue weighted by Crippen LogP contribution is 2.04. The summed E-state index contributed by atoms with van der Waals surface area (Å²) < 4.78 is 0. The van der Waals surface area contributed by atoms with Crippen molar-refractivity contribution in [3.63, 3.8) is 0 Å². The molecule has 0 N–H and O–H groups in total. The minimum atomic E-state index is 0.613. The van der Waals surface area contributed by atoms with Crippen molar-refractivity contribution in [2.75, 3.05) is 20.6 Å². The molecule has 0 aliphatic carbocycles. The Bertz CT molecular complexity index is 183. The predicted octanol–water partition coefficient (Wildman–Crippen LogP) is 1.85. The Kier molecular flexibility index (Phi) is 4.96. The third kappa shape index (κ3) is 3.30. The second-order valence-corrected chi connectivity index (χ2v) is 2.38. The molecule has 0 aliphatic heterocycles. The van der Waals surface area contributed by atoms with E-state index in [0.717, 1.165) is 6.54 Å². The summed E-state index contributed by atoms with van der Waals surface area (Å²) in [5, 5.41) is 11.3. The molecule has 0 unspecified atom stereocenters. The van der Waals surface area contributed by atoms with Crippen molar-refractivity contribution in [1.82, 2.24) is 10.0 Å². The third-order valence-corrected chi connectivity index (χ3v) is 1.34. The highest BCUT2D eigenvalue weighted by Gasteiger charge is 2.05. The van der Waals surface area contributed by atoms with E-state index in [0.29, 0.717) is 5.82 Å². The quantitative estimate of drug-likeness (QED) is 0.463. The van der Waals surface area contributed by atoms with E-state index in [-0.39, 0.29) is 0 Å². The normalized spacial score (nSPS) is 10.7. The smallest absolute Gasteiger partial charge is 0.158 e. The third-order valence-electron chi connectivity index (χ3n) is 1.34. The monoisotopic (exact) mass is 168 g/mol. The van der Waals surface area contributed by atoms with E-state index in [1.165, 1.54) is 6.20 Å². The largest absolute Gasteiger partial charge is 0.289 e. The molecule has 12 heavy (non-hydrogen) atoms. The summed E-state index contributed by atoms with van der Waals surface area (Å²) in [5.41, 5.74) is 0. The van der Waals surface area contributed by atoms with Gasteiger partial charge in [0.05, 0.1) is 0 Å². The van der Waals surface area contributed by atoms with Gasteiger partial charge in [0, 0.05) is 26.8 Å². The Balaban J connectivity index is 4.21. The van der Waals surface area contributed by atoms with Crippen molar-refractivity contribution >= 4 is 0 Å². The van der Waals surface area contributed by atoms with E-state index in [1.54, 1.807) is 0 Å². The first-order valence-corrected chi connectivity index (χ1v) is 3.78. The van der Waals surface area contributed by atoms with Gasteiger partial charge in [-0.25, -0.2) is 5.01 Å². The van der Waals surface area contributed by atoms with E-state index in [2.05, 4.69) is 23.4 Å². The molecular formula is C8H16N4. The molecule has 0 bridgehead atoms. The van der Waals surface area contributed by atoms with Gasteiger partial charge in [-0.15, -0.1) is 5.11 Å². The Morgan fingerprint density at radius 3 is 2.42 bits per heavy atom. The van der Waals surface area contributed by atoms with Gasteiger partial charge < -0.3 is 0 Å². The van der Waals surface area contributed by atoms with Gasteiger partial charge in [0.15, 0.2) is 5.82 Å². The second-order valence-electron chi connectivity index (χ2n) is 2.38. The fraction of sp³-hybridized carbons (Fsp3) is 0.500. The summed E-state index contributed by atoms with van der Waals surface area (Å²) in [7, 11) is 3.86. The van der Waals surface area contributed by atoms with Crippen LogP contribution in [0.5, 0.6) is 0 Å². The molecular weight excluding hydrogens is 152 g/mol. The van der Waals surface area contributed by atoms with Crippen LogP contribution in [0.4, 0.5) is 0 Å². The summed E-state index contributed by atoms with van der Waals surface area (Å²) in [4.78, 5) is 0. The molecule has 0 saturated carbocycles. The first-order chi connectivity index (χ1) is 5.63. The van der Waals surface area contributed by atoms with Gasteiger partial charge >= 0.3 is 0 Å². The Morgan fingerprint density at radius 2 is 2.08 bits per heavy atom. The first kappa shape index (κ1) is 10.8. The minimum absolute atomic E-state index is 0.613.